The number of allylic oxidation sites excluding steroid dienone is 2. The highest BCUT2D eigenvalue weighted by molar-refractivity contribution is 6.30. The number of carbonyl (C=O) groups is 1. The van der Waals surface area contributed by atoms with Crippen molar-refractivity contribution in [3.8, 4) is 0 Å². The summed E-state index contributed by atoms with van der Waals surface area (Å²) in [5.74, 6) is -0.818. The minimum absolute atomic E-state index is 0.0848. The van der Waals surface area contributed by atoms with Gasteiger partial charge in [-0.25, -0.2) is 0 Å². The van der Waals surface area contributed by atoms with Crippen molar-refractivity contribution >= 4 is 17.6 Å². The molecule has 0 saturated heterocycles. The molecular formula is C16H18ClF3O4. The van der Waals surface area contributed by atoms with Crippen LogP contribution in [0.15, 0.2) is 27.7 Å². The minimum Gasteiger partial charge on any atom is -0.460 e. The van der Waals surface area contributed by atoms with Crippen molar-refractivity contribution in [2.24, 2.45) is 17.3 Å². The van der Waals surface area contributed by atoms with Gasteiger partial charge in [0.2, 0.25) is 0 Å². The van der Waals surface area contributed by atoms with Crippen LogP contribution >= 0.6 is 11.6 Å². The van der Waals surface area contributed by atoms with Crippen LogP contribution in [0.1, 0.15) is 25.4 Å². The summed E-state index contributed by atoms with van der Waals surface area (Å²) in [7, 11) is 1.52. The van der Waals surface area contributed by atoms with Gasteiger partial charge >= 0.3 is 12.1 Å². The van der Waals surface area contributed by atoms with Crippen LogP contribution in [0.25, 0.3) is 0 Å². The van der Waals surface area contributed by atoms with Crippen molar-refractivity contribution in [3.05, 3.63) is 34.8 Å². The summed E-state index contributed by atoms with van der Waals surface area (Å²) in [5, 5.41) is -1.22. The fourth-order valence-corrected chi connectivity index (χ4v) is 2.78. The Morgan fingerprint density at radius 1 is 1.33 bits per heavy atom. The maximum atomic E-state index is 12.5. The number of hydrogen-bond donors (Lipinski definition) is 0. The lowest BCUT2D eigenvalue weighted by Crippen LogP contribution is -2.10. The zero-order valence-electron chi connectivity index (χ0n) is 13.4. The van der Waals surface area contributed by atoms with E-state index in [1.807, 2.05) is 0 Å². The second kappa shape index (κ2) is 6.80. The second-order valence-electron chi connectivity index (χ2n) is 6.25. The lowest BCUT2D eigenvalue weighted by Gasteiger charge is -2.04. The SMILES string of the molecule is COCc1ccc(COC(=O)[C@H]2[C@@H](C=C(Cl)C(F)(F)F)C2(C)C)o1. The quantitative estimate of drug-likeness (QED) is 0.699. The molecule has 4 nitrogen and oxygen atoms in total. The van der Waals surface area contributed by atoms with Gasteiger partial charge in [-0.1, -0.05) is 31.5 Å². The molecule has 134 valence electrons. The minimum atomic E-state index is -4.61. The van der Waals surface area contributed by atoms with Gasteiger partial charge in [-0.15, -0.1) is 0 Å². The van der Waals surface area contributed by atoms with Crippen molar-refractivity contribution in [1.82, 2.24) is 0 Å². The number of hydrogen-bond acceptors (Lipinski definition) is 4. The highest BCUT2D eigenvalue weighted by atomic mass is 35.5. The summed E-state index contributed by atoms with van der Waals surface area (Å²) in [6.07, 6.45) is -3.72. The molecular weight excluding hydrogens is 349 g/mol. The standard InChI is InChI=1S/C16H18ClF3O4/c1-15(2)11(6-12(17)16(18,19)20)13(15)14(21)23-8-10-5-4-9(24-10)7-22-3/h4-6,11,13H,7-8H2,1-3H3/t11-,13-/m1/s1. The Hall–Kier alpha value is -1.47. The molecule has 0 bridgehead atoms. The van der Waals surface area contributed by atoms with Crippen molar-refractivity contribution in [3.63, 3.8) is 0 Å². The van der Waals surface area contributed by atoms with Crippen LogP contribution in [0.2, 0.25) is 0 Å². The molecule has 1 fully saturated rings. The molecule has 24 heavy (non-hydrogen) atoms. The van der Waals surface area contributed by atoms with Crippen LogP contribution in [0.4, 0.5) is 13.2 Å². The van der Waals surface area contributed by atoms with E-state index in [4.69, 9.17) is 25.5 Å². The van der Waals surface area contributed by atoms with E-state index >= 15 is 0 Å². The fraction of sp³-hybridized carbons (Fsp3) is 0.562. The van der Waals surface area contributed by atoms with Crippen LogP contribution in [0, 0.1) is 17.3 Å². The fourth-order valence-electron chi connectivity index (χ4n) is 2.64. The molecule has 1 heterocycles. The summed E-state index contributed by atoms with van der Waals surface area (Å²) in [5.41, 5.74) is -0.632. The number of methoxy groups -OCH3 is 1. The molecule has 1 aromatic heterocycles. The molecule has 1 aliphatic rings. The lowest BCUT2D eigenvalue weighted by atomic mass is 10.1. The molecule has 0 spiro atoms. The number of esters is 1. The van der Waals surface area contributed by atoms with E-state index in [1.54, 1.807) is 26.0 Å². The Morgan fingerprint density at radius 3 is 2.46 bits per heavy atom. The van der Waals surface area contributed by atoms with Crippen molar-refractivity contribution in [2.45, 2.75) is 33.2 Å². The average molecular weight is 367 g/mol. The normalized spacial score (nSPS) is 23.2. The lowest BCUT2D eigenvalue weighted by molar-refractivity contribution is -0.148. The Labute approximate surface area is 142 Å². The summed E-state index contributed by atoms with van der Waals surface area (Å²) in [6.45, 7) is 3.61. The Morgan fingerprint density at radius 2 is 1.92 bits per heavy atom. The zero-order valence-corrected chi connectivity index (χ0v) is 14.2. The highest BCUT2D eigenvalue weighted by Gasteiger charge is 2.62. The van der Waals surface area contributed by atoms with Crippen molar-refractivity contribution in [2.75, 3.05) is 7.11 Å². The molecule has 8 heteroatoms. The zero-order chi connectivity index (χ0) is 18.1. The summed E-state index contributed by atoms with van der Waals surface area (Å²) in [4.78, 5) is 12.1. The topological polar surface area (TPSA) is 48.7 Å². The van der Waals surface area contributed by atoms with E-state index in [9.17, 15) is 18.0 Å². The van der Waals surface area contributed by atoms with Gasteiger partial charge in [-0.2, -0.15) is 13.2 Å². The van der Waals surface area contributed by atoms with Gasteiger partial charge in [0.1, 0.15) is 29.8 Å². The van der Waals surface area contributed by atoms with Crippen LogP contribution in [-0.4, -0.2) is 19.3 Å². The van der Waals surface area contributed by atoms with Crippen LogP contribution in [0.3, 0.4) is 0 Å². The molecule has 1 saturated carbocycles. The van der Waals surface area contributed by atoms with E-state index in [-0.39, 0.29) is 6.61 Å². The van der Waals surface area contributed by atoms with E-state index in [2.05, 4.69) is 0 Å². The second-order valence-corrected chi connectivity index (χ2v) is 6.65. The van der Waals surface area contributed by atoms with Crippen molar-refractivity contribution in [1.29, 1.82) is 0 Å². The van der Waals surface area contributed by atoms with E-state index in [0.29, 0.717) is 18.1 Å². The third-order valence-corrected chi connectivity index (χ3v) is 4.46. The van der Waals surface area contributed by atoms with Crippen LogP contribution in [0.5, 0.6) is 0 Å². The summed E-state index contributed by atoms with van der Waals surface area (Å²) in [6, 6.07) is 3.35. The molecule has 0 radical (unpaired) electrons. The van der Waals surface area contributed by atoms with Gasteiger partial charge in [-0.05, 0) is 23.5 Å². The first kappa shape index (κ1) is 18.9. The number of ether oxygens (including phenoxy) is 2. The molecule has 1 aliphatic carbocycles. The first-order valence-corrected chi connectivity index (χ1v) is 7.63. The highest BCUT2D eigenvalue weighted by Crippen LogP contribution is 2.60. The molecule has 0 aliphatic heterocycles. The van der Waals surface area contributed by atoms with Gasteiger partial charge in [0.25, 0.3) is 0 Å². The van der Waals surface area contributed by atoms with Crippen LogP contribution < -0.4 is 0 Å². The molecule has 1 aromatic rings. The molecule has 2 atom stereocenters. The predicted molar refractivity (Wildman–Crippen MR) is 80.0 cm³/mol. The smallest absolute Gasteiger partial charge is 0.426 e. The summed E-state index contributed by atoms with van der Waals surface area (Å²) >= 11 is 5.25. The number of rotatable bonds is 6. The van der Waals surface area contributed by atoms with Gasteiger partial charge in [0.05, 0.1) is 5.92 Å². The summed E-state index contributed by atoms with van der Waals surface area (Å²) < 4.78 is 53.0. The van der Waals surface area contributed by atoms with Crippen molar-refractivity contribution < 1.29 is 31.9 Å². The van der Waals surface area contributed by atoms with Gasteiger partial charge in [-0.3, -0.25) is 4.79 Å². The maximum absolute atomic E-state index is 12.5. The van der Waals surface area contributed by atoms with Gasteiger partial charge < -0.3 is 13.9 Å². The molecule has 0 N–H and O–H groups in total. The number of carbonyl (C=O) groups excluding carboxylic acids is 1. The van der Waals surface area contributed by atoms with Gasteiger partial charge in [0.15, 0.2) is 0 Å². The van der Waals surface area contributed by atoms with Crippen LogP contribution in [-0.2, 0) is 27.5 Å². The van der Waals surface area contributed by atoms with E-state index < -0.39 is 34.4 Å². The molecule has 2 rings (SSSR count). The Kier molecular flexibility index (Phi) is 5.34. The number of alkyl halides is 3. The largest absolute Gasteiger partial charge is 0.460 e. The Bertz CT molecular complexity index is 634. The molecule has 0 amide bonds. The third kappa shape index (κ3) is 4.13. The number of furan rings is 1. The molecule has 0 unspecified atom stereocenters. The Balaban J connectivity index is 1.94. The predicted octanol–water partition coefficient (Wildman–Crippen LogP) is 4.43. The first-order chi connectivity index (χ1) is 11.1. The third-order valence-electron chi connectivity index (χ3n) is 4.12. The average Bonchev–Trinajstić information content (AvgIpc) is 2.82. The number of halogens is 4. The van der Waals surface area contributed by atoms with E-state index in [1.165, 1.54) is 7.11 Å². The molecule has 0 aromatic carbocycles. The van der Waals surface area contributed by atoms with Gasteiger partial charge in [0, 0.05) is 7.11 Å². The first-order valence-electron chi connectivity index (χ1n) is 7.25. The maximum Gasteiger partial charge on any atom is 0.426 e. The monoisotopic (exact) mass is 366 g/mol. The van der Waals surface area contributed by atoms with E-state index in [0.717, 1.165) is 6.08 Å².